The lowest BCUT2D eigenvalue weighted by Gasteiger charge is -2.08. The van der Waals surface area contributed by atoms with E-state index in [1.807, 2.05) is 0 Å². The number of hydrogen-bond donors (Lipinski definition) is 1. The van der Waals surface area contributed by atoms with E-state index in [2.05, 4.69) is 95.4 Å². The third-order valence-corrected chi connectivity index (χ3v) is 4.74. The van der Waals surface area contributed by atoms with Crippen molar-refractivity contribution in [2.24, 2.45) is 11.8 Å². The van der Waals surface area contributed by atoms with Crippen molar-refractivity contribution in [3.05, 3.63) is 59.7 Å². The van der Waals surface area contributed by atoms with Crippen molar-refractivity contribution < 1.29 is 0 Å². The summed E-state index contributed by atoms with van der Waals surface area (Å²) in [7, 11) is 0. The minimum absolute atomic E-state index is 0.769. The highest BCUT2D eigenvalue weighted by atomic mass is 14.8. The molecule has 2 aromatic carbocycles. The second-order valence-corrected chi connectivity index (χ2v) is 8.29. The zero-order chi connectivity index (χ0) is 20.1. The molecule has 0 saturated carbocycles. The van der Waals surface area contributed by atoms with Crippen molar-refractivity contribution in [3.63, 3.8) is 0 Å². The van der Waals surface area contributed by atoms with Crippen LogP contribution in [0.2, 0.25) is 0 Å². The van der Waals surface area contributed by atoms with E-state index >= 15 is 0 Å². The van der Waals surface area contributed by atoms with Crippen molar-refractivity contribution in [2.45, 2.75) is 73.8 Å². The molecule has 2 rings (SSSR count). The van der Waals surface area contributed by atoms with Crippen molar-refractivity contribution in [3.8, 4) is 11.1 Å². The molecule has 2 aromatic rings. The number of rotatable bonds is 9. The smallest absolute Gasteiger partial charge is 0.0205 e. The van der Waals surface area contributed by atoms with Crippen LogP contribution in [0.3, 0.4) is 0 Å². The van der Waals surface area contributed by atoms with Gasteiger partial charge in [0.1, 0.15) is 0 Å². The summed E-state index contributed by atoms with van der Waals surface area (Å²) < 4.78 is 0. The van der Waals surface area contributed by atoms with Crippen LogP contribution in [0.4, 0.5) is 0 Å². The Bertz CT molecular complexity index is 593. The van der Waals surface area contributed by atoms with E-state index in [-0.39, 0.29) is 0 Å². The van der Waals surface area contributed by atoms with Gasteiger partial charge in [0.15, 0.2) is 0 Å². The standard InChI is InChI=1S/C20H27N.C6H14/c1-4-17-5-9-19(10-6-17)20-11-7-18(8-12-20)15-21-14-13-16(2)3;1-4-5-6(2)3/h5-12,16,21H,4,13-15H2,1-3H3;6H,4-5H2,1-3H3. The summed E-state index contributed by atoms with van der Waals surface area (Å²) in [5.74, 6) is 1.67. The first-order valence-electron chi connectivity index (χ1n) is 10.8. The van der Waals surface area contributed by atoms with Gasteiger partial charge in [-0.05, 0) is 53.5 Å². The highest BCUT2D eigenvalue weighted by molar-refractivity contribution is 5.63. The Morgan fingerprint density at radius 2 is 1.15 bits per heavy atom. The molecule has 0 atom stereocenters. The van der Waals surface area contributed by atoms with Gasteiger partial charge in [-0.1, -0.05) is 103 Å². The lowest BCUT2D eigenvalue weighted by atomic mass is 10.0. The van der Waals surface area contributed by atoms with E-state index in [9.17, 15) is 0 Å². The fourth-order valence-corrected chi connectivity index (χ4v) is 2.95. The molecule has 0 aliphatic rings. The summed E-state index contributed by atoms with van der Waals surface area (Å²) in [6, 6.07) is 17.8. The minimum atomic E-state index is 0.769. The fraction of sp³-hybridized carbons (Fsp3) is 0.538. The zero-order valence-corrected chi connectivity index (χ0v) is 18.5. The Morgan fingerprint density at radius 1 is 0.667 bits per heavy atom. The predicted octanol–water partition coefficient (Wildman–Crippen LogP) is 7.49. The molecule has 0 amide bonds. The van der Waals surface area contributed by atoms with Crippen LogP contribution in [0, 0.1) is 11.8 Å². The summed E-state index contributed by atoms with van der Waals surface area (Å²) in [5.41, 5.74) is 5.34. The monoisotopic (exact) mass is 367 g/mol. The highest BCUT2D eigenvalue weighted by Gasteiger charge is 1.99. The molecule has 1 N–H and O–H groups in total. The second kappa shape index (κ2) is 13.6. The molecule has 0 saturated heterocycles. The number of nitrogens with one attached hydrogen (secondary N) is 1. The molecule has 27 heavy (non-hydrogen) atoms. The number of hydrogen-bond acceptors (Lipinski definition) is 1. The SMILES string of the molecule is CCCC(C)C.CCc1ccc(-c2ccc(CNCCC(C)C)cc2)cc1. The topological polar surface area (TPSA) is 12.0 Å². The summed E-state index contributed by atoms with van der Waals surface area (Å²) in [4.78, 5) is 0. The molecular weight excluding hydrogens is 326 g/mol. The van der Waals surface area contributed by atoms with Gasteiger partial charge in [0.2, 0.25) is 0 Å². The van der Waals surface area contributed by atoms with Gasteiger partial charge >= 0.3 is 0 Å². The van der Waals surface area contributed by atoms with Gasteiger partial charge in [-0.2, -0.15) is 0 Å². The van der Waals surface area contributed by atoms with Gasteiger partial charge in [-0.25, -0.2) is 0 Å². The Kier molecular flexibility index (Phi) is 11.8. The second-order valence-electron chi connectivity index (χ2n) is 8.29. The van der Waals surface area contributed by atoms with E-state index in [1.54, 1.807) is 0 Å². The van der Waals surface area contributed by atoms with Crippen LogP contribution in [-0.4, -0.2) is 6.54 Å². The van der Waals surface area contributed by atoms with Crippen molar-refractivity contribution in [1.82, 2.24) is 5.32 Å². The van der Waals surface area contributed by atoms with E-state index in [4.69, 9.17) is 0 Å². The Morgan fingerprint density at radius 3 is 1.52 bits per heavy atom. The van der Waals surface area contributed by atoms with Crippen LogP contribution in [0.15, 0.2) is 48.5 Å². The van der Waals surface area contributed by atoms with Crippen LogP contribution in [0.5, 0.6) is 0 Å². The Hall–Kier alpha value is -1.60. The highest BCUT2D eigenvalue weighted by Crippen LogP contribution is 2.20. The maximum absolute atomic E-state index is 3.51. The van der Waals surface area contributed by atoms with Gasteiger partial charge in [0, 0.05) is 6.54 Å². The zero-order valence-electron chi connectivity index (χ0n) is 18.5. The van der Waals surface area contributed by atoms with E-state index < -0.39 is 0 Å². The van der Waals surface area contributed by atoms with Gasteiger partial charge in [-0.3, -0.25) is 0 Å². The summed E-state index contributed by atoms with van der Waals surface area (Å²) >= 11 is 0. The van der Waals surface area contributed by atoms with E-state index in [1.165, 1.54) is 41.5 Å². The van der Waals surface area contributed by atoms with Crippen LogP contribution >= 0.6 is 0 Å². The van der Waals surface area contributed by atoms with E-state index in [0.29, 0.717) is 0 Å². The molecule has 0 aliphatic carbocycles. The normalized spacial score (nSPS) is 10.8. The molecule has 1 heteroatoms. The molecule has 1 nitrogen and oxygen atoms in total. The van der Waals surface area contributed by atoms with Gasteiger partial charge in [0.05, 0.1) is 0 Å². The minimum Gasteiger partial charge on any atom is -0.313 e. The van der Waals surface area contributed by atoms with Gasteiger partial charge in [-0.15, -0.1) is 0 Å². The molecule has 0 unspecified atom stereocenters. The van der Waals surface area contributed by atoms with Gasteiger partial charge in [0.25, 0.3) is 0 Å². The largest absolute Gasteiger partial charge is 0.313 e. The molecule has 0 radical (unpaired) electrons. The van der Waals surface area contributed by atoms with E-state index in [0.717, 1.165) is 31.3 Å². The summed E-state index contributed by atoms with van der Waals surface area (Å²) in [5, 5.41) is 3.51. The lowest BCUT2D eigenvalue weighted by Crippen LogP contribution is -2.16. The van der Waals surface area contributed by atoms with Crippen LogP contribution < -0.4 is 5.32 Å². The lowest BCUT2D eigenvalue weighted by molar-refractivity contribution is 0.537. The molecule has 0 aromatic heterocycles. The number of benzene rings is 2. The van der Waals surface area contributed by atoms with Gasteiger partial charge < -0.3 is 5.32 Å². The van der Waals surface area contributed by atoms with Crippen LogP contribution in [0.25, 0.3) is 11.1 Å². The molecule has 0 heterocycles. The van der Waals surface area contributed by atoms with Crippen molar-refractivity contribution in [2.75, 3.05) is 6.54 Å². The maximum atomic E-state index is 3.51. The third-order valence-electron chi connectivity index (χ3n) is 4.74. The molecule has 0 bridgehead atoms. The van der Waals surface area contributed by atoms with Crippen LogP contribution in [-0.2, 0) is 13.0 Å². The summed E-state index contributed by atoms with van der Waals surface area (Å²) in [6.45, 7) is 15.5. The Balaban J connectivity index is 0.000000527. The van der Waals surface area contributed by atoms with Crippen molar-refractivity contribution >= 4 is 0 Å². The maximum Gasteiger partial charge on any atom is 0.0205 e. The quantitative estimate of drug-likeness (QED) is 0.453. The number of aryl methyl sites for hydroxylation is 1. The third kappa shape index (κ3) is 10.3. The fourth-order valence-electron chi connectivity index (χ4n) is 2.95. The molecule has 0 fully saturated rings. The first-order chi connectivity index (χ1) is 13.0. The summed E-state index contributed by atoms with van der Waals surface area (Å²) in [6.07, 6.45) is 5.04. The van der Waals surface area contributed by atoms with Crippen LogP contribution in [0.1, 0.15) is 71.9 Å². The first kappa shape index (κ1) is 23.4. The average Bonchev–Trinajstić information content (AvgIpc) is 2.66. The first-order valence-corrected chi connectivity index (χ1v) is 10.8. The molecule has 0 aliphatic heterocycles. The average molecular weight is 368 g/mol. The van der Waals surface area contributed by atoms with Crippen molar-refractivity contribution in [1.29, 1.82) is 0 Å². The predicted molar refractivity (Wildman–Crippen MR) is 122 cm³/mol. The Labute approximate surface area is 168 Å². The molecule has 0 spiro atoms. The molecular formula is C26H41N. The molecule has 150 valence electrons.